The standard InChI is InChI=1S/C27H24BF2N3O2/c1-26(2)27(3,4)35-28(34-26)20-7-5-6-19(16-20)25-32-23(17-8-12-21(29)13-9-17)31-24(33-25)18-10-14-22(30)15-11-18/h5-16H,1-4H3. The summed E-state index contributed by atoms with van der Waals surface area (Å²) in [5.74, 6) is 0.497. The molecule has 2 heterocycles. The molecule has 3 aromatic carbocycles. The number of hydrogen-bond acceptors (Lipinski definition) is 5. The SMILES string of the molecule is CC1(C)OB(c2cccc(-c3nc(-c4ccc(F)cc4)nc(-c4ccc(F)cc4)n3)c2)OC1(C)C. The zero-order valence-electron chi connectivity index (χ0n) is 19.9. The van der Waals surface area contributed by atoms with Gasteiger partial charge in [0.2, 0.25) is 0 Å². The molecular weight excluding hydrogens is 447 g/mol. The van der Waals surface area contributed by atoms with Crippen molar-refractivity contribution in [3.8, 4) is 34.2 Å². The zero-order chi connectivity index (χ0) is 24.8. The summed E-state index contributed by atoms with van der Waals surface area (Å²) in [6, 6.07) is 19.5. The number of aromatic nitrogens is 3. The van der Waals surface area contributed by atoms with Gasteiger partial charge in [0.25, 0.3) is 0 Å². The minimum atomic E-state index is -0.532. The third-order valence-corrected chi connectivity index (χ3v) is 6.51. The van der Waals surface area contributed by atoms with E-state index in [9.17, 15) is 8.78 Å². The van der Waals surface area contributed by atoms with Crippen molar-refractivity contribution in [3.63, 3.8) is 0 Å². The van der Waals surface area contributed by atoms with Crippen LogP contribution in [0.3, 0.4) is 0 Å². The van der Waals surface area contributed by atoms with Crippen molar-refractivity contribution < 1.29 is 18.1 Å². The van der Waals surface area contributed by atoms with Gasteiger partial charge in [0.1, 0.15) is 11.6 Å². The molecule has 0 saturated carbocycles. The molecule has 1 aliphatic rings. The van der Waals surface area contributed by atoms with E-state index >= 15 is 0 Å². The molecule has 5 nitrogen and oxygen atoms in total. The number of rotatable bonds is 4. The first-order valence-corrected chi connectivity index (χ1v) is 11.4. The molecule has 0 atom stereocenters. The minimum absolute atomic E-state index is 0.350. The Balaban J connectivity index is 1.59. The van der Waals surface area contributed by atoms with Gasteiger partial charge >= 0.3 is 7.12 Å². The molecule has 1 aliphatic heterocycles. The molecule has 35 heavy (non-hydrogen) atoms. The van der Waals surface area contributed by atoms with E-state index in [1.807, 2.05) is 52.0 Å². The fraction of sp³-hybridized carbons (Fsp3) is 0.222. The van der Waals surface area contributed by atoms with E-state index in [1.54, 1.807) is 24.3 Å². The van der Waals surface area contributed by atoms with Gasteiger partial charge < -0.3 is 9.31 Å². The lowest BCUT2D eigenvalue weighted by atomic mass is 9.78. The molecule has 5 rings (SSSR count). The second-order valence-corrected chi connectivity index (χ2v) is 9.53. The summed E-state index contributed by atoms with van der Waals surface area (Å²) in [5.41, 5.74) is 1.93. The number of halogens is 2. The molecule has 0 spiro atoms. The van der Waals surface area contributed by atoms with E-state index in [-0.39, 0.29) is 11.6 Å². The largest absolute Gasteiger partial charge is 0.494 e. The van der Waals surface area contributed by atoms with Gasteiger partial charge in [-0.2, -0.15) is 0 Å². The van der Waals surface area contributed by atoms with E-state index in [2.05, 4.69) is 15.0 Å². The molecule has 0 bridgehead atoms. The van der Waals surface area contributed by atoms with Crippen molar-refractivity contribution >= 4 is 12.6 Å². The zero-order valence-corrected chi connectivity index (χ0v) is 19.9. The van der Waals surface area contributed by atoms with Gasteiger partial charge in [-0.1, -0.05) is 24.3 Å². The van der Waals surface area contributed by atoms with Crippen LogP contribution in [-0.4, -0.2) is 33.3 Å². The lowest BCUT2D eigenvalue weighted by molar-refractivity contribution is 0.00578. The second-order valence-electron chi connectivity index (χ2n) is 9.53. The van der Waals surface area contributed by atoms with Gasteiger partial charge in [0.15, 0.2) is 17.5 Å². The topological polar surface area (TPSA) is 57.1 Å². The Kier molecular flexibility index (Phi) is 5.73. The van der Waals surface area contributed by atoms with Crippen LogP contribution in [0, 0.1) is 11.6 Å². The molecule has 1 aromatic heterocycles. The lowest BCUT2D eigenvalue weighted by Crippen LogP contribution is -2.41. The Morgan fingerprint density at radius 3 is 1.49 bits per heavy atom. The highest BCUT2D eigenvalue weighted by Gasteiger charge is 2.51. The van der Waals surface area contributed by atoms with Gasteiger partial charge in [-0.25, -0.2) is 23.7 Å². The minimum Gasteiger partial charge on any atom is -0.399 e. The molecule has 0 unspecified atom stereocenters. The molecule has 4 aromatic rings. The Bertz CT molecular complexity index is 1300. The predicted molar refractivity (Wildman–Crippen MR) is 132 cm³/mol. The summed E-state index contributed by atoms with van der Waals surface area (Å²) in [4.78, 5) is 13.9. The lowest BCUT2D eigenvalue weighted by Gasteiger charge is -2.32. The molecule has 0 radical (unpaired) electrons. The maximum Gasteiger partial charge on any atom is 0.494 e. The van der Waals surface area contributed by atoms with Crippen LogP contribution in [0.4, 0.5) is 8.78 Å². The van der Waals surface area contributed by atoms with Crippen LogP contribution in [0.15, 0.2) is 72.8 Å². The van der Waals surface area contributed by atoms with E-state index in [0.717, 1.165) is 11.0 Å². The van der Waals surface area contributed by atoms with E-state index < -0.39 is 18.3 Å². The van der Waals surface area contributed by atoms with Gasteiger partial charge in [0.05, 0.1) is 11.2 Å². The van der Waals surface area contributed by atoms with Gasteiger partial charge in [-0.3, -0.25) is 0 Å². The second kappa shape index (κ2) is 8.63. The molecular formula is C27H24BF2N3O2. The highest BCUT2D eigenvalue weighted by atomic mass is 19.1. The van der Waals surface area contributed by atoms with Crippen molar-refractivity contribution in [3.05, 3.63) is 84.4 Å². The molecule has 0 aliphatic carbocycles. The van der Waals surface area contributed by atoms with Crippen molar-refractivity contribution in [2.24, 2.45) is 0 Å². The summed E-state index contributed by atoms with van der Waals surface area (Å²) in [5, 5.41) is 0. The number of benzene rings is 3. The molecule has 1 fully saturated rings. The van der Waals surface area contributed by atoms with Gasteiger partial charge in [-0.15, -0.1) is 0 Å². The van der Waals surface area contributed by atoms with E-state index in [4.69, 9.17) is 9.31 Å². The average Bonchev–Trinajstić information content (AvgIpc) is 3.06. The first kappa shape index (κ1) is 23.3. The first-order chi connectivity index (χ1) is 16.6. The third-order valence-electron chi connectivity index (χ3n) is 6.51. The highest BCUT2D eigenvalue weighted by molar-refractivity contribution is 6.62. The van der Waals surface area contributed by atoms with E-state index in [1.165, 1.54) is 24.3 Å². The first-order valence-electron chi connectivity index (χ1n) is 11.4. The summed E-state index contributed by atoms with van der Waals surface area (Å²) < 4.78 is 39.4. The Hall–Kier alpha value is -3.49. The van der Waals surface area contributed by atoms with Crippen LogP contribution in [0.25, 0.3) is 34.2 Å². The average molecular weight is 471 g/mol. The van der Waals surface area contributed by atoms with Crippen LogP contribution in [0.2, 0.25) is 0 Å². The molecule has 0 N–H and O–H groups in total. The van der Waals surface area contributed by atoms with E-state index in [0.29, 0.717) is 28.6 Å². The van der Waals surface area contributed by atoms with Gasteiger partial charge in [0, 0.05) is 16.7 Å². The molecule has 176 valence electrons. The third kappa shape index (κ3) is 4.59. The summed E-state index contributed by atoms with van der Waals surface area (Å²) in [6.45, 7) is 8.03. The van der Waals surface area contributed by atoms with Gasteiger partial charge in [-0.05, 0) is 81.7 Å². The van der Waals surface area contributed by atoms with Crippen molar-refractivity contribution in [1.29, 1.82) is 0 Å². The molecule has 8 heteroatoms. The predicted octanol–water partition coefficient (Wildman–Crippen LogP) is 5.45. The maximum absolute atomic E-state index is 13.5. The molecule has 1 saturated heterocycles. The normalized spacial score (nSPS) is 16.5. The molecule has 0 amide bonds. The Morgan fingerprint density at radius 1 is 0.600 bits per heavy atom. The van der Waals surface area contributed by atoms with Crippen LogP contribution in [0.5, 0.6) is 0 Å². The van der Waals surface area contributed by atoms with Crippen molar-refractivity contribution in [1.82, 2.24) is 15.0 Å². The smallest absolute Gasteiger partial charge is 0.399 e. The van der Waals surface area contributed by atoms with Crippen LogP contribution in [0.1, 0.15) is 27.7 Å². The fourth-order valence-electron chi connectivity index (χ4n) is 3.76. The Morgan fingerprint density at radius 2 is 1.03 bits per heavy atom. The van der Waals surface area contributed by atoms with Crippen molar-refractivity contribution in [2.45, 2.75) is 38.9 Å². The monoisotopic (exact) mass is 471 g/mol. The summed E-state index contributed by atoms with van der Waals surface area (Å²) in [7, 11) is -0.532. The number of hydrogen-bond donors (Lipinski definition) is 0. The van der Waals surface area contributed by atoms with Crippen LogP contribution in [-0.2, 0) is 9.31 Å². The summed E-state index contributed by atoms with van der Waals surface area (Å²) >= 11 is 0. The highest BCUT2D eigenvalue weighted by Crippen LogP contribution is 2.36. The maximum atomic E-state index is 13.5. The summed E-state index contributed by atoms with van der Waals surface area (Å²) in [6.07, 6.45) is 0. The van der Waals surface area contributed by atoms with Crippen LogP contribution >= 0.6 is 0 Å². The fourth-order valence-corrected chi connectivity index (χ4v) is 3.76. The number of nitrogens with zero attached hydrogens (tertiary/aromatic N) is 3. The quantitative estimate of drug-likeness (QED) is 0.371. The van der Waals surface area contributed by atoms with Crippen LogP contribution < -0.4 is 5.46 Å². The Labute approximate surface area is 203 Å². The van der Waals surface area contributed by atoms with Crippen molar-refractivity contribution in [2.75, 3.05) is 0 Å².